The van der Waals surface area contributed by atoms with Crippen molar-refractivity contribution in [2.24, 2.45) is 0 Å². The van der Waals surface area contributed by atoms with Crippen LogP contribution in [0.2, 0.25) is 0 Å². The topological polar surface area (TPSA) is 115 Å². The number of nitrogens with zero attached hydrogens (tertiary/aromatic N) is 1. The first-order valence-corrected chi connectivity index (χ1v) is 9.25. The van der Waals surface area contributed by atoms with Gasteiger partial charge in [0.15, 0.2) is 11.5 Å². The number of ether oxygens (including phenoxy) is 4. The summed E-state index contributed by atoms with van der Waals surface area (Å²) in [7, 11) is 2.95. The van der Waals surface area contributed by atoms with Crippen LogP contribution in [0.15, 0.2) is 42.1 Å². The van der Waals surface area contributed by atoms with Crippen molar-refractivity contribution >= 4 is 29.6 Å². The van der Waals surface area contributed by atoms with E-state index in [0.717, 1.165) is 4.90 Å². The maximum Gasteiger partial charge on any atom is 0.329 e. The molecule has 0 aromatic heterocycles. The van der Waals surface area contributed by atoms with Crippen LogP contribution in [0.3, 0.4) is 0 Å². The van der Waals surface area contributed by atoms with Gasteiger partial charge in [0.05, 0.1) is 19.9 Å². The summed E-state index contributed by atoms with van der Waals surface area (Å²) < 4.78 is 21.2. The third-order valence-electron chi connectivity index (χ3n) is 4.67. The molecule has 2 N–H and O–H groups in total. The van der Waals surface area contributed by atoms with E-state index in [1.54, 1.807) is 36.4 Å². The number of carbonyl (C=O) groups excluding carboxylic acids is 3. The highest BCUT2D eigenvalue weighted by Crippen LogP contribution is 2.39. The molecule has 10 heteroatoms. The van der Waals surface area contributed by atoms with E-state index in [9.17, 15) is 14.4 Å². The first-order chi connectivity index (χ1) is 15.0. The lowest BCUT2D eigenvalue weighted by Crippen LogP contribution is -2.38. The summed E-state index contributed by atoms with van der Waals surface area (Å²) in [5, 5.41) is 5.11. The van der Waals surface area contributed by atoms with Gasteiger partial charge in [-0.2, -0.15) is 0 Å². The largest absolute Gasteiger partial charge is 0.496 e. The van der Waals surface area contributed by atoms with E-state index >= 15 is 0 Å². The van der Waals surface area contributed by atoms with E-state index < -0.39 is 24.4 Å². The van der Waals surface area contributed by atoms with E-state index in [2.05, 4.69) is 10.6 Å². The SMILES string of the molecule is COc1cc2c(cc1/C=C1/NC(=O)N(CC(=O)Nc3ccccc3OC)C1=O)OCO2. The number of methoxy groups -OCH3 is 2. The average molecular weight is 425 g/mol. The Morgan fingerprint density at radius 3 is 2.58 bits per heavy atom. The lowest BCUT2D eigenvalue weighted by molar-refractivity contribution is -0.127. The minimum absolute atomic E-state index is 0.00672. The molecule has 2 aromatic rings. The second kappa shape index (κ2) is 8.27. The monoisotopic (exact) mass is 425 g/mol. The number of imide groups is 1. The summed E-state index contributed by atoms with van der Waals surface area (Å²) >= 11 is 0. The van der Waals surface area contributed by atoms with Crippen molar-refractivity contribution in [2.45, 2.75) is 0 Å². The minimum Gasteiger partial charge on any atom is -0.496 e. The molecular weight excluding hydrogens is 406 g/mol. The Morgan fingerprint density at radius 2 is 1.84 bits per heavy atom. The van der Waals surface area contributed by atoms with Crippen LogP contribution in [0.1, 0.15) is 5.56 Å². The number of hydrogen-bond donors (Lipinski definition) is 2. The molecule has 2 aliphatic rings. The van der Waals surface area contributed by atoms with E-state index in [0.29, 0.717) is 34.2 Å². The highest BCUT2D eigenvalue weighted by atomic mass is 16.7. The van der Waals surface area contributed by atoms with Gasteiger partial charge in [-0.3, -0.25) is 9.59 Å². The average Bonchev–Trinajstić information content (AvgIpc) is 3.32. The molecule has 0 saturated carbocycles. The summed E-state index contributed by atoms with van der Waals surface area (Å²) in [6.07, 6.45) is 1.46. The van der Waals surface area contributed by atoms with Crippen molar-refractivity contribution < 1.29 is 33.3 Å². The summed E-state index contributed by atoms with van der Waals surface area (Å²) in [6.45, 7) is -0.373. The number of nitrogens with one attached hydrogen (secondary N) is 2. The molecule has 1 saturated heterocycles. The smallest absolute Gasteiger partial charge is 0.329 e. The number of rotatable bonds is 6. The van der Waals surface area contributed by atoms with Gasteiger partial charge in [0.25, 0.3) is 5.91 Å². The van der Waals surface area contributed by atoms with Gasteiger partial charge < -0.3 is 29.6 Å². The van der Waals surface area contributed by atoms with Gasteiger partial charge in [-0.1, -0.05) is 12.1 Å². The molecule has 160 valence electrons. The Labute approximate surface area is 177 Å². The van der Waals surface area contributed by atoms with E-state index in [-0.39, 0.29) is 12.5 Å². The molecular formula is C21H19N3O7. The molecule has 2 aromatic carbocycles. The van der Waals surface area contributed by atoms with Crippen molar-refractivity contribution in [2.75, 3.05) is 32.9 Å². The predicted octanol–water partition coefficient (Wildman–Crippen LogP) is 1.96. The first-order valence-electron chi connectivity index (χ1n) is 9.25. The Kier molecular flexibility index (Phi) is 5.35. The first kappa shape index (κ1) is 20.1. The molecule has 4 amide bonds. The second-order valence-corrected chi connectivity index (χ2v) is 6.58. The number of fused-ring (bicyclic) bond motifs is 1. The van der Waals surface area contributed by atoms with Crippen molar-refractivity contribution in [3.8, 4) is 23.0 Å². The summed E-state index contributed by atoms with van der Waals surface area (Å²) in [5.41, 5.74) is 0.950. The fourth-order valence-corrected chi connectivity index (χ4v) is 3.18. The number of carbonyl (C=O) groups is 3. The Hall–Kier alpha value is -4.21. The standard InChI is InChI=1S/C21H19N3O7/c1-28-15-6-4-3-5-13(15)22-19(25)10-24-20(26)14(23-21(24)27)7-12-8-17-18(31-11-30-17)9-16(12)29-2/h3-9H,10-11H2,1-2H3,(H,22,25)(H,23,27)/b14-7+. The molecule has 0 aliphatic carbocycles. The van der Waals surface area contributed by atoms with Crippen molar-refractivity contribution in [1.82, 2.24) is 10.2 Å². The highest BCUT2D eigenvalue weighted by molar-refractivity contribution is 6.16. The van der Waals surface area contributed by atoms with Crippen LogP contribution in [0, 0.1) is 0 Å². The third kappa shape index (κ3) is 3.95. The van der Waals surface area contributed by atoms with Gasteiger partial charge in [-0.15, -0.1) is 0 Å². The molecule has 1 fully saturated rings. The second-order valence-electron chi connectivity index (χ2n) is 6.58. The van der Waals surface area contributed by atoms with Gasteiger partial charge in [-0.25, -0.2) is 9.69 Å². The lowest BCUT2D eigenvalue weighted by Gasteiger charge is -2.13. The van der Waals surface area contributed by atoms with Crippen molar-refractivity contribution in [3.63, 3.8) is 0 Å². The van der Waals surface area contributed by atoms with Crippen molar-refractivity contribution in [1.29, 1.82) is 0 Å². The number of anilines is 1. The molecule has 0 radical (unpaired) electrons. The van der Waals surface area contributed by atoms with E-state index in [1.807, 2.05) is 0 Å². The number of amides is 4. The summed E-state index contributed by atoms with van der Waals surface area (Å²) in [5.74, 6) is 0.734. The number of hydrogen-bond acceptors (Lipinski definition) is 7. The molecule has 4 rings (SSSR count). The number of benzene rings is 2. The molecule has 0 atom stereocenters. The van der Waals surface area contributed by atoms with Crippen LogP contribution in [-0.4, -0.2) is 50.3 Å². The zero-order chi connectivity index (χ0) is 22.0. The fraction of sp³-hybridized carbons (Fsp3) is 0.190. The maximum atomic E-state index is 12.7. The minimum atomic E-state index is -0.703. The van der Waals surface area contributed by atoms with Crippen molar-refractivity contribution in [3.05, 3.63) is 47.7 Å². The normalized spacial score (nSPS) is 15.8. The Bertz CT molecular complexity index is 1100. The molecule has 0 bridgehead atoms. The highest BCUT2D eigenvalue weighted by Gasteiger charge is 2.35. The van der Waals surface area contributed by atoms with Gasteiger partial charge in [-0.05, 0) is 24.3 Å². The molecule has 2 heterocycles. The van der Waals surface area contributed by atoms with Crippen LogP contribution in [0.5, 0.6) is 23.0 Å². The van der Waals surface area contributed by atoms with Gasteiger partial charge >= 0.3 is 6.03 Å². The van der Waals surface area contributed by atoms with Gasteiger partial charge in [0.2, 0.25) is 12.7 Å². The van der Waals surface area contributed by atoms with E-state index in [1.165, 1.54) is 20.3 Å². The summed E-state index contributed by atoms with van der Waals surface area (Å²) in [4.78, 5) is 38.3. The fourth-order valence-electron chi connectivity index (χ4n) is 3.18. The lowest BCUT2D eigenvalue weighted by atomic mass is 10.1. The number of urea groups is 1. The molecule has 2 aliphatic heterocycles. The molecule has 31 heavy (non-hydrogen) atoms. The van der Waals surface area contributed by atoms with Gasteiger partial charge in [0, 0.05) is 11.6 Å². The number of para-hydroxylation sites is 2. The quantitative estimate of drug-likeness (QED) is 0.537. The van der Waals surface area contributed by atoms with Crippen LogP contribution in [0.4, 0.5) is 10.5 Å². The predicted molar refractivity (Wildman–Crippen MR) is 109 cm³/mol. The Morgan fingerprint density at radius 1 is 1.13 bits per heavy atom. The molecule has 0 unspecified atom stereocenters. The van der Waals surface area contributed by atoms with Crippen LogP contribution in [0.25, 0.3) is 6.08 Å². The molecule has 0 spiro atoms. The van der Waals surface area contributed by atoms with Crippen LogP contribution >= 0.6 is 0 Å². The zero-order valence-corrected chi connectivity index (χ0v) is 16.8. The third-order valence-corrected chi connectivity index (χ3v) is 4.67. The summed E-state index contributed by atoms with van der Waals surface area (Å²) in [6, 6.07) is 9.40. The zero-order valence-electron chi connectivity index (χ0n) is 16.8. The van der Waals surface area contributed by atoms with Gasteiger partial charge in [0.1, 0.15) is 23.7 Å². The van der Waals surface area contributed by atoms with Crippen LogP contribution < -0.4 is 29.6 Å². The maximum absolute atomic E-state index is 12.7. The van der Waals surface area contributed by atoms with Crippen LogP contribution in [-0.2, 0) is 9.59 Å². The Balaban J connectivity index is 1.51. The molecule has 10 nitrogen and oxygen atoms in total. The van der Waals surface area contributed by atoms with E-state index in [4.69, 9.17) is 18.9 Å².